The number of fused-ring (bicyclic) bond motifs is 5. The van der Waals surface area contributed by atoms with Crippen molar-refractivity contribution in [2.75, 3.05) is 11.1 Å². The molecule has 0 saturated heterocycles. The second-order valence-electron chi connectivity index (χ2n) is 7.27. The van der Waals surface area contributed by atoms with Crippen molar-refractivity contribution < 1.29 is 4.79 Å². The zero-order valence-corrected chi connectivity index (χ0v) is 17.5. The predicted molar refractivity (Wildman–Crippen MR) is 123 cm³/mol. The summed E-state index contributed by atoms with van der Waals surface area (Å²) in [5.41, 5.74) is 6.63. The highest BCUT2D eigenvalue weighted by Crippen LogP contribution is 2.29. The molecule has 0 radical (unpaired) electrons. The van der Waals surface area contributed by atoms with E-state index in [2.05, 4.69) is 9.72 Å². The average Bonchev–Trinajstić information content (AvgIpc) is 3.15. The van der Waals surface area contributed by atoms with Gasteiger partial charge in [0.05, 0.1) is 22.3 Å². The number of aromatic nitrogens is 3. The summed E-state index contributed by atoms with van der Waals surface area (Å²) in [5, 5.41) is 4.81. The maximum atomic E-state index is 12.7. The Kier molecular flexibility index (Phi) is 4.64. The molecule has 0 aliphatic rings. The molecule has 1 N–H and O–H groups in total. The number of hydrogen-bond donors (Lipinski definition) is 1. The summed E-state index contributed by atoms with van der Waals surface area (Å²) in [4.78, 5) is 22.4. The Morgan fingerprint density at radius 3 is 2.40 bits per heavy atom. The highest BCUT2D eigenvalue weighted by atomic mass is 32.2. The number of amides is 1. The lowest BCUT2D eigenvalue weighted by Crippen LogP contribution is -2.16. The van der Waals surface area contributed by atoms with E-state index in [1.165, 1.54) is 11.8 Å². The van der Waals surface area contributed by atoms with Gasteiger partial charge in [0.1, 0.15) is 5.65 Å². The lowest BCUT2D eigenvalue weighted by molar-refractivity contribution is -0.113. The number of para-hydroxylation sites is 4. The summed E-state index contributed by atoms with van der Waals surface area (Å²) < 4.78 is 2.05. The van der Waals surface area contributed by atoms with E-state index in [9.17, 15) is 4.79 Å². The van der Waals surface area contributed by atoms with Gasteiger partial charge in [-0.3, -0.25) is 9.20 Å². The summed E-state index contributed by atoms with van der Waals surface area (Å²) in [6.07, 6.45) is 0. The minimum Gasteiger partial charge on any atom is -0.325 e. The molecule has 1 amide bonds. The minimum atomic E-state index is -0.0510. The highest BCUT2D eigenvalue weighted by Gasteiger charge is 2.15. The summed E-state index contributed by atoms with van der Waals surface area (Å²) >= 11 is 1.42. The van der Waals surface area contributed by atoms with Gasteiger partial charge in [-0.2, -0.15) is 0 Å². The molecule has 0 unspecified atom stereocenters. The van der Waals surface area contributed by atoms with Crippen molar-refractivity contribution in [1.29, 1.82) is 0 Å². The molecule has 0 fully saturated rings. The number of hydrogen-bond acceptors (Lipinski definition) is 4. The fourth-order valence-electron chi connectivity index (χ4n) is 3.73. The van der Waals surface area contributed by atoms with Crippen LogP contribution in [0.5, 0.6) is 0 Å². The second-order valence-corrected chi connectivity index (χ2v) is 8.22. The third kappa shape index (κ3) is 3.19. The lowest BCUT2D eigenvalue weighted by atomic mass is 10.1. The molecule has 0 aliphatic carbocycles. The van der Waals surface area contributed by atoms with Gasteiger partial charge in [-0.1, -0.05) is 54.2 Å². The number of aryl methyl sites for hydroxylation is 2. The van der Waals surface area contributed by atoms with Crippen LogP contribution in [-0.2, 0) is 4.79 Å². The maximum absolute atomic E-state index is 12.7. The van der Waals surface area contributed by atoms with E-state index in [0.717, 1.165) is 49.6 Å². The molecule has 0 saturated carbocycles. The van der Waals surface area contributed by atoms with Gasteiger partial charge in [0.25, 0.3) is 0 Å². The minimum absolute atomic E-state index is 0.0510. The van der Waals surface area contributed by atoms with Crippen molar-refractivity contribution in [1.82, 2.24) is 14.4 Å². The fourth-order valence-corrected chi connectivity index (χ4v) is 4.54. The van der Waals surface area contributed by atoms with Crippen molar-refractivity contribution in [2.45, 2.75) is 19.0 Å². The van der Waals surface area contributed by atoms with E-state index < -0.39 is 0 Å². The maximum Gasteiger partial charge on any atom is 0.234 e. The van der Waals surface area contributed by atoms with Crippen LogP contribution in [0.25, 0.3) is 27.6 Å². The molecule has 5 aromatic rings. The molecule has 6 heteroatoms. The van der Waals surface area contributed by atoms with Crippen LogP contribution < -0.4 is 5.32 Å². The van der Waals surface area contributed by atoms with Gasteiger partial charge in [0, 0.05) is 11.1 Å². The first-order valence-electron chi connectivity index (χ1n) is 9.76. The predicted octanol–water partition coefficient (Wildman–Crippen LogP) is 5.38. The summed E-state index contributed by atoms with van der Waals surface area (Å²) in [5.74, 6) is 0.214. The molecule has 2 heterocycles. The zero-order chi connectivity index (χ0) is 20.7. The van der Waals surface area contributed by atoms with Crippen molar-refractivity contribution in [3.05, 3.63) is 77.9 Å². The quantitative estimate of drug-likeness (QED) is 0.318. The molecule has 5 rings (SSSR count). The van der Waals surface area contributed by atoms with Gasteiger partial charge in [0.2, 0.25) is 5.91 Å². The Morgan fingerprint density at radius 1 is 0.900 bits per heavy atom. The molecule has 2 aromatic heterocycles. The van der Waals surface area contributed by atoms with Crippen LogP contribution in [0, 0.1) is 13.8 Å². The Morgan fingerprint density at radius 2 is 1.60 bits per heavy atom. The molecule has 5 nitrogen and oxygen atoms in total. The summed E-state index contributed by atoms with van der Waals surface area (Å²) in [6, 6.07) is 22.0. The van der Waals surface area contributed by atoms with Gasteiger partial charge in [-0.25, -0.2) is 9.97 Å². The number of nitrogens with zero attached hydrogens (tertiary/aromatic N) is 3. The number of carbonyl (C=O) groups is 1. The lowest BCUT2D eigenvalue weighted by Gasteiger charge is -2.12. The molecule has 148 valence electrons. The van der Waals surface area contributed by atoms with Crippen LogP contribution in [0.4, 0.5) is 5.69 Å². The molecule has 0 spiro atoms. The van der Waals surface area contributed by atoms with Crippen LogP contribution >= 0.6 is 11.8 Å². The zero-order valence-electron chi connectivity index (χ0n) is 16.7. The largest absolute Gasteiger partial charge is 0.325 e. The fraction of sp³-hybridized carbons (Fsp3) is 0.125. The normalized spacial score (nSPS) is 11.4. The molecule has 3 aromatic carbocycles. The molecule has 0 aliphatic heterocycles. The first-order chi connectivity index (χ1) is 14.6. The van der Waals surface area contributed by atoms with Gasteiger partial charge < -0.3 is 5.32 Å². The van der Waals surface area contributed by atoms with Crippen LogP contribution in [0.15, 0.2) is 71.9 Å². The average molecular weight is 413 g/mol. The summed E-state index contributed by atoms with van der Waals surface area (Å²) in [6.45, 7) is 4.00. The Balaban J connectivity index is 1.53. The van der Waals surface area contributed by atoms with Gasteiger partial charge in [0.15, 0.2) is 5.16 Å². The van der Waals surface area contributed by atoms with E-state index in [1.54, 1.807) is 0 Å². The standard InChI is InChI=1S/C24H20N4OS/c1-15-8-7-9-16(2)22(15)27-21(29)14-30-24-26-18-11-4-3-10-17(18)23-25-19-12-5-6-13-20(19)28(23)24/h3-13H,14H2,1-2H3,(H,27,29). The van der Waals surface area contributed by atoms with Crippen LogP contribution in [0.3, 0.4) is 0 Å². The molecular weight excluding hydrogens is 392 g/mol. The molecule has 0 bridgehead atoms. The SMILES string of the molecule is Cc1cccc(C)c1NC(=O)CSc1nc2ccccc2c2nc3ccccc3n12. The third-order valence-corrected chi connectivity index (χ3v) is 6.13. The molecular formula is C24H20N4OS. The highest BCUT2D eigenvalue weighted by molar-refractivity contribution is 7.99. The number of rotatable bonds is 4. The van der Waals surface area contributed by atoms with E-state index in [-0.39, 0.29) is 11.7 Å². The van der Waals surface area contributed by atoms with Crippen molar-refractivity contribution in [2.24, 2.45) is 0 Å². The van der Waals surface area contributed by atoms with Crippen molar-refractivity contribution >= 4 is 50.9 Å². The van der Waals surface area contributed by atoms with Crippen molar-refractivity contribution in [3.63, 3.8) is 0 Å². The summed E-state index contributed by atoms with van der Waals surface area (Å²) in [7, 11) is 0. The number of thioether (sulfide) groups is 1. The van der Waals surface area contributed by atoms with E-state index >= 15 is 0 Å². The van der Waals surface area contributed by atoms with Crippen LogP contribution in [0.2, 0.25) is 0 Å². The second kappa shape index (κ2) is 7.46. The first kappa shape index (κ1) is 18.6. The van der Waals surface area contributed by atoms with E-state index in [0.29, 0.717) is 0 Å². The Labute approximate surface area is 178 Å². The third-order valence-electron chi connectivity index (χ3n) is 5.19. The van der Waals surface area contributed by atoms with Gasteiger partial charge in [-0.05, 0) is 49.2 Å². The molecule has 0 atom stereocenters. The number of anilines is 1. The van der Waals surface area contributed by atoms with E-state index in [4.69, 9.17) is 9.97 Å². The Hall–Kier alpha value is -3.38. The first-order valence-corrected chi connectivity index (χ1v) is 10.8. The van der Waals surface area contributed by atoms with Gasteiger partial charge >= 0.3 is 0 Å². The number of carbonyl (C=O) groups excluding carboxylic acids is 1. The Bertz CT molecular complexity index is 1400. The molecule has 30 heavy (non-hydrogen) atoms. The topological polar surface area (TPSA) is 59.3 Å². The smallest absolute Gasteiger partial charge is 0.234 e. The van der Waals surface area contributed by atoms with Crippen molar-refractivity contribution in [3.8, 4) is 0 Å². The van der Waals surface area contributed by atoms with E-state index in [1.807, 2.05) is 80.6 Å². The number of nitrogens with one attached hydrogen (secondary N) is 1. The number of imidazole rings is 1. The van der Waals surface area contributed by atoms with Crippen LogP contribution in [0.1, 0.15) is 11.1 Å². The van der Waals surface area contributed by atoms with Crippen LogP contribution in [-0.4, -0.2) is 26.0 Å². The monoisotopic (exact) mass is 412 g/mol. The van der Waals surface area contributed by atoms with Gasteiger partial charge in [-0.15, -0.1) is 0 Å². The number of benzene rings is 3.